The molecule has 1 fully saturated rings. The Hall–Kier alpha value is -2.96. The van der Waals surface area contributed by atoms with Crippen molar-refractivity contribution in [1.82, 2.24) is 9.97 Å². The van der Waals surface area contributed by atoms with Crippen LogP contribution in [0.25, 0.3) is 11.1 Å². The van der Waals surface area contributed by atoms with Gasteiger partial charge >= 0.3 is 6.18 Å². The number of primary sulfonamides is 1. The molecule has 0 bridgehead atoms. The summed E-state index contributed by atoms with van der Waals surface area (Å²) in [6.07, 6.45) is -3.94. The molecule has 0 atom stereocenters. The van der Waals surface area contributed by atoms with Crippen LogP contribution in [0.5, 0.6) is 0 Å². The highest BCUT2D eigenvalue weighted by Crippen LogP contribution is 2.40. The van der Waals surface area contributed by atoms with E-state index in [2.05, 4.69) is 9.97 Å². The Morgan fingerprint density at radius 3 is 2.18 bits per heavy atom. The Labute approximate surface area is 197 Å². The van der Waals surface area contributed by atoms with Crippen LogP contribution in [0.3, 0.4) is 0 Å². The summed E-state index contributed by atoms with van der Waals surface area (Å²) in [4.78, 5) is 11.7. The zero-order valence-electron chi connectivity index (χ0n) is 17.4. The summed E-state index contributed by atoms with van der Waals surface area (Å²) in [5.74, 6) is 0.0625. The smallest absolute Gasteiger partial charge is 0.353 e. The third kappa shape index (κ3) is 5.08. The monoisotopic (exact) mass is 515 g/mol. The predicted molar refractivity (Wildman–Crippen MR) is 120 cm³/mol. The summed E-state index contributed by atoms with van der Waals surface area (Å²) in [5.41, 5.74) is -1.14. The number of anilines is 2. The molecule has 0 amide bonds. The minimum atomic E-state index is -4.68. The van der Waals surface area contributed by atoms with Gasteiger partial charge in [0.1, 0.15) is 17.5 Å². The molecule has 0 radical (unpaired) electrons. The predicted octanol–water partition coefficient (Wildman–Crippen LogP) is 3.93. The van der Waals surface area contributed by atoms with Crippen molar-refractivity contribution in [2.24, 2.45) is 5.14 Å². The summed E-state index contributed by atoms with van der Waals surface area (Å²) in [6.45, 7) is 1.60. The van der Waals surface area contributed by atoms with Crippen LogP contribution in [-0.2, 0) is 16.2 Å². The van der Waals surface area contributed by atoms with Crippen molar-refractivity contribution in [2.75, 3.05) is 36.0 Å². The zero-order chi connectivity index (χ0) is 24.7. The molecule has 13 heteroatoms. The van der Waals surface area contributed by atoms with E-state index >= 15 is 0 Å². The lowest BCUT2D eigenvalue weighted by atomic mass is 10.0. The second-order valence-electron chi connectivity index (χ2n) is 7.56. The van der Waals surface area contributed by atoms with E-state index in [1.54, 1.807) is 11.0 Å². The average Bonchev–Trinajstić information content (AvgIpc) is 2.78. The molecule has 3 aromatic rings. The number of rotatable bonds is 4. The van der Waals surface area contributed by atoms with E-state index in [9.17, 15) is 26.0 Å². The Balaban J connectivity index is 1.60. The summed E-state index contributed by atoms with van der Waals surface area (Å²) >= 11 is 6.05. The third-order valence-corrected chi connectivity index (χ3v) is 6.47. The maximum atomic E-state index is 13.6. The van der Waals surface area contributed by atoms with Crippen molar-refractivity contribution in [3.8, 4) is 11.1 Å². The zero-order valence-corrected chi connectivity index (χ0v) is 19.0. The van der Waals surface area contributed by atoms with Gasteiger partial charge < -0.3 is 9.80 Å². The van der Waals surface area contributed by atoms with Crippen LogP contribution in [0.4, 0.5) is 29.2 Å². The summed E-state index contributed by atoms with van der Waals surface area (Å²) in [7, 11) is -3.96. The van der Waals surface area contributed by atoms with Gasteiger partial charge in [0.2, 0.25) is 0 Å². The maximum Gasteiger partial charge on any atom is 0.418 e. The van der Waals surface area contributed by atoms with Gasteiger partial charge in [-0.2, -0.15) is 13.2 Å². The Kier molecular flexibility index (Phi) is 6.40. The molecule has 1 saturated heterocycles. The second kappa shape index (κ2) is 9.01. The number of sulfonamides is 1. The molecule has 1 aliphatic heterocycles. The van der Waals surface area contributed by atoms with Crippen molar-refractivity contribution in [1.29, 1.82) is 0 Å². The van der Waals surface area contributed by atoms with Gasteiger partial charge in [-0.1, -0.05) is 17.7 Å². The minimum absolute atomic E-state index is 0.0432. The van der Waals surface area contributed by atoms with Crippen LogP contribution >= 0.6 is 11.6 Å². The molecule has 0 aliphatic carbocycles. The first kappa shape index (κ1) is 24.2. The highest BCUT2D eigenvalue weighted by Gasteiger charge is 2.35. The van der Waals surface area contributed by atoms with Crippen molar-refractivity contribution < 1.29 is 26.0 Å². The van der Waals surface area contributed by atoms with Crippen molar-refractivity contribution in [3.05, 3.63) is 65.1 Å². The quantitative estimate of drug-likeness (QED) is 0.529. The number of hydrogen-bond donors (Lipinski definition) is 1. The maximum absolute atomic E-state index is 13.6. The Morgan fingerprint density at radius 2 is 1.59 bits per heavy atom. The Bertz CT molecular complexity index is 1330. The topological polar surface area (TPSA) is 92.4 Å². The molecular weight excluding hydrogens is 498 g/mol. The number of benzene rings is 1. The lowest BCUT2D eigenvalue weighted by Gasteiger charge is -2.36. The van der Waals surface area contributed by atoms with Crippen LogP contribution < -0.4 is 14.9 Å². The number of nitrogens with two attached hydrogens (primary N) is 1. The van der Waals surface area contributed by atoms with Crippen LogP contribution in [0, 0.1) is 5.82 Å². The van der Waals surface area contributed by atoms with E-state index < -0.39 is 27.6 Å². The molecule has 3 heterocycles. The van der Waals surface area contributed by atoms with Crippen LogP contribution in [0.2, 0.25) is 5.02 Å². The first-order valence-corrected chi connectivity index (χ1v) is 11.9. The number of nitrogens with zero attached hydrogens (tertiary/aromatic N) is 4. The number of halogens is 5. The molecule has 34 heavy (non-hydrogen) atoms. The molecule has 2 aromatic heterocycles. The van der Waals surface area contributed by atoms with Gasteiger partial charge in [0, 0.05) is 43.5 Å². The number of piperazine rings is 1. The average molecular weight is 516 g/mol. The SMILES string of the molecule is NS(=O)(=O)c1cccc(N2CCN(c3cc(-c4ccc(F)cc4Cl)c(C(F)(F)F)cn3)CC2)n1. The number of aromatic nitrogens is 2. The van der Waals surface area contributed by atoms with E-state index in [1.165, 1.54) is 24.3 Å². The fourth-order valence-electron chi connectivity index (χ4n) is 3.68. The van der Waals surface area contributed by atoms with E-state index in [-0.39, 0.29) is 21.2 Å². The van der Waals surface area contributed by atoms with Gasteiger partial charge in [-0.3, -0.25) is 0 Å². The van der Waals surface area contributed by atoms with Gasteiger partial charge in [-0.25, -0.2) is 27.9 Å². The van der Waals surface area contributed by atoms with Gasteiger partial charge in [0.15, 0.2) is 5.03 Å². The molecule has 0 unspecified atom stereocenters. The van der Waals surface area contributed by atoms with Crippen LogP contribution in [-0.4, -0.2) is 44.6 Å². The van der Waals surface area contributed by atoms with Crippen LogP contribution in [0.15, 0.2) is 53.7 Å². The standard InChI is InChI=1S/C21H18ClF4N5O2S/c22-17-10-13(23)4-5-14(17)15-11-19(28-12-16(15)21(24,25)26)31-8-6-30(7-9-31)18-2-1-3-20(29-18)34(27,32)33/h1-5,10-12H,6-9H2,(H2,27,32,33). The normalized spacial score (nSPS) is 15.0. The summed E-state index contributed by atoms with van der Waals surface area (Å²) < 4.78 is 77.5. The van der Waals surface area contributed by atoms with Crippen molar-refractivity contribution in [3.63, 3.8) is 0 Å². The first-order chi connectivity index (χ1) is 15.9. The molecule has 180 valence electrons. The number of alkyl halides is 3. The van der Waals surface area contributed by atoms with E-state index in [4.69, 9.17) is 16.7 Å². The molecule has 1 aromatic carbocycles. The lowest BCUT2D eigenvalue weighted by molar-refractivity contribution is -0.137. The molecule has 7 nitrogen and oxygen atoms in total. The largest absolute Gasteiger partial charge is 0.418 e. The van der Waals surface area contributed by atoms with Crippen molar-refractivity contribution >= 4 is 33.3 Å². The summed E-state index contributed by atoms with van der Waals surface area (Å²) in [5, 5.41) is 4.74. The highest BCUT2D eigenvalue weighted by atomic mass is 35.5. The minimum Gasteiger partial charge on any atom is -0.353 e. The number of pyridine rings is 2. The highest BCUT2D eigenvalue weighted by molar-refractivity contribution is 7.89. The fraction of sp³-hybridized carbons (Fsp3) is 0.238. The van der Waals surface area contributed by atoms with Gasteiger partial charge in [-0.05, 0) is 36.4 Å². The van der Waals surface area contributed by atoms with E-state index in [1.807, 2.05) is 4.90 Å². The number of hydrogen-bond acceptors (Lipinski definition) is 6. The summed E-state index contributed by atoms with van der Waals surface area (Å²) in [6, 6.07) is 8.97. The molecule has 0 spiro atoms. The van der Waals surface area contributed by atoms with Crippen LogP contribution in [0.1, 0.15) is 5.56 Å². The third-order valence-electron chi connectivity index (χ3n) is 5.34. The van der Waals surface area contributed by atoms with E-state index in [0.29, 0.717) is 37.8 Å². The Morgan fingerprint density at radius 1 is 0.941 bits per heavy atom. The second-order valence-corrected chi connectivity index (χ2v) is 9.48. The first-order valence-electron chi connectivity index (χ1n) is 9.96. The van der Waals surface area contributed by atoms with Crippen molar-refractivity contribution in [2.45, 2.75) is 11.2 Å². The molecule has 2 N–H and O–H groups in total. The fourth-order valence-corrected chi connectivity index (χ4v) is 4.44. The van der Waals surface area contributed by atoms with Gasteiger partial charge in [0.25, 0.3) is 10.0 Å². The molecule has 1 aliphatic rings. The molecule has 4 rings (SSSR count). The van der Waals surface area contributed by atoms with E-state index in [0.717, 1.165) is 18.3 Å². The van der Waals surface area contributed by atoms with Gasteiger partial charge in [-0.15, -0.1) is 0 Å². The lowest BCUT2D eigenvalue weighted by Crippen LogP contribution is -2.47. The molecule has 0 saturated carbocycles. The van der Waals surface area contributed by atoms with Gasteiger partial charge in [0.05, 0.1) is 10.6 Å². The molecular formula is C21H18ClF4N5O2S.